The number of unbranched alkanes of at least 4 members (excludes halogenated alkanes) is 2. The monoisotopic (exact) mass is 443 g/mol. The van der Waals surface area contributed by atoms with Gasteiger partial charge >= 0.3 is 0 Å². The highest BCUT2D eigenvalue weighted by atomic mass is 15.1. The van der Waals surface area contributed by atoms with E-state index >= 15 is 0 Å². The summed E-state index contributed by atoms with van der Waals surface area (Å²) in [5.41, 5.74) is 12.1. The molecule has 0 unspecified atom stereocenters. The molecule has 2 aromatic carbocycles. The lowest BCUT2D eigenvalue weighted by atomic mass is 10.1. The molecule has 33 heavy (non-hydrogen) atoms. The minimum absolute atomic E-state index is 0.536. The maximum atomic E-state index is 6.33. The summed E-state index contributed by atoms with van der Waals surface area (Å²) in [6, 6.07) is 17.3. The minimum atomic E-state index is 0.536. The number of nitrogens with zero attached hydrogens (tertiary/aromatic N) is 4. The number of hydrogen-bond acceptors (Lipinski definition) is 4. The second-order valence-corrected chi connectivity index (χ2v) is 9.11. The molecule has 174 valence electrons. The molecular weight excluding hydrogens is 406 g/mol. The Kier molecular flexibility index (Phi) is 7.61. The van der Waals surface area contributed by atoms with Gasteiger partial charge in [0.2, 0.25) is 0 Å². The van der Waals surface area contributed by atoms with Gasteiger partial charge in [0.1, 0.15) is 11.3 Å². The van der Waals surface area contributed by atoms with Gasteiger partial charge in [-0.05, 0) is 56.5 Å². The van der Waals surface area contributed by atoms with Crippen molar-refractivity contribution in [2.45, 2.75) is 65.5 Å². The predicted octanol–water partition coefficient (Wildman–Crippen LogP) is 5.98. The van der Waals surface area contributed by atoms with Gasteiger partial charge in [-0.1, -0.05) is 62.7 Å². The van der Waals surface area contributed by atoms with Crippen LogP contribution in [0.25, 0.3) is 21.9 Å². The lowest BCUT2D eigenvalue weighted by Gasteiger charge is -2.17. The Labute approximate surface area is 197 Å². The van der Waals surface area contributed by atoms with Crippen LogP contribution in [0.2, 0.25) is 0 Å². The smallest absolute Gasteiger partial charge is 0.152 e. The number of benzene rings is 2. The maximum absolute atomic E-state index is 6.33. The third kappa shape index (κ3) is 5.36. The van der Waals surface area contributed by atoms with Crippen LogP contribution < -0.4 is 5.73 Å². The number of aromatic nitrogens is 3. The average molecular weight is 444 g/mol. The lowest BCUT2D eigenvalue weighted by Crippen LogP contribution is -2.19. The summed E-state index contributed by atoms with van der Waals surface area (Å²) in [7, 11) is 2.22. The predicted molar refractivity (Wildman–Crippen MR) is 139 cm³/mol. The fraction of sp³-hybridized carbons (Fsp3) is 0.429. The standard InChI is InChI=1S/C28H37N5/c1-4-6-13-25-31-26-27(23-11-7-8-12-24(23)30-28(26)29)33(25)19-10-9-18-32(3)20-22-16-14-21(5-2)15-17-22/h7-8,11-12,14-17H,4-6,9-10,13,18-20H2,1-3H3,(H2,29,30). The van der Waals surface area contributed by atoms with Gasteiger partial charge in [0, 0.05) is 24.9 Å². The van der Waals surface area contributed by atoms with Crippen LogP contribution in [0.1, 0.15) is 56.5 Å². The molecule has 0 aliphatic carbocycles. The van der Waals surface area contributed by atoms with Crippen molar-refractivity contribution in [3.63, 3.8) is 0 Å². The summed E-state index contributed by atoms with van der Waals surface area (Å²) >= 11 is 0. The lowest BCUT2D eigenvalue weighted by molar-refractivity contribution is 0.315. The molecular formula is C28H37N5. The molecule has 0 saturated heterocycles. The van der Waals surface area contributed by atoms with Crippen LogP contribution in [0.15, 0.2) is 48.5 Å². The third-order valence-electron chi connectivity index (χ3n) is 6.50. The molecule has 4 aromatic rings. The number of pyridine rings is 1. The first-order chi connectivity index (χ1) is 16.1. The van der Waals surface area contributed by atoms with Gasteiger partial charge in [-0.3, -0.25) is 0 Å². The fourth-order valence-corrected chi connectivity index (χ4v) is 4.59. The van der Waals surface area contributed by atoms with Crippen LogP contribution in [-0.4, -0.2) is 33.0 Å². The minimum Gasteiger partial charge on any atom is -0.382 e. The van der Waals surface area contributed by atoms with E-state index in [1.165, 1.54) is 11.1 Å². The Morgan fingerprint density at radius 3 is 2.42 bits per heavy atom. The second kappa shape index (κ2) is 10.8. The van der Waals surface area contributed by atoms with Crippen molar-refractivity contribution in [2.75, 3.05) is 19.3 Å². The van der Waals surface area contributed by atoms with Gasteiger partial charge in [-0.15, -0.1) is 0 Å². The summed E-state index contributed by atoms with van der Waals surface area (Å²) in [5, 5.41) is 1.14. The van der Waals surface area contributed by atoms with Gasteiger partial charge in [0.05, 0.1) is 11.0 Å². The molecule has 0 bridgehead atoms. The van der Waals surface area contributed by atoms with E-state index in [0.717, 1.165) is 85.9 Å². The third-order valence-corrected chi connectivity index (χ3v) is 6.50. The van der Waals surface area contributed by atoms with Crippen LogP contribution in [-0.2, 0) is 25.9 Å². The van der Waals surface area contributed by atoms with E-state index in [0.29, 0.717) is 5.82 Å². The molecule has 0 spiro atoms. The zero-order chi connectivity index (χ0) is 23.2. The summed E-state index contributed by atoms with van der Waals surface area (Å²) in [4.78, 5) is 12.0. The van der Waals surface area contributed by atoms with Crippen molar-refractivity contribution < 1.29 is 0 Å². The SMILES string of the molecule is CCCCc1nc2c(N)nc3ccccc3c2n1CCCCN(C)Cc1ccc(CC)cc1. The first-order valence-corrected chi connectivity index (χ1v) is 12.4. The quantitative estimate of drug-likeness (QED) is 0.290. The van der Waals surface area contributed by atoms with Crippen molar-refractivity contribution in [1.29, 1.82) is 0 Å². The highest BCUT2D eigenvalue weighted by molar-refractivity contribution is 6.06. The normalized spacial score (nSPS) is 11.8. The highest BCUT2D eigenvalue weighted by Crippen LogP contribution is 2.29. The maximum Gasteiger partial charge on any atom is 0.152 e. The molecule has 0 radical (unpaired) electrons. The molecule has 2 heterocycles. The van der Waals surface area contributed by atoms with E-state index in [4.69, 9.17) is 10.7 Å². The number of fused-ring (bicyclic) bond motifs is 3. The topological polar surface area (TPSA) is 60.0 Å². The summed E-state index contributed by atoms with van der Waals surface area (Å²) < 4.78 is 2.41. The Morgan fingerprint density at radius 2 is 1.67 bits per heavy atom. The Morgan fingerprint density at radius 1 is 0.909 bits per heavy atom. The Balaban J connectivity index is 1.46. The van der Waals surface area contributed by atoms with Crippen LogP contribution >= 0.6 is 0 Å². The van der Waals surface area contributed by atoms with Crippen LogP contribution in [0.3, 0.4) is 0 Å². The Bertz CT molecular complexity index is 1190. The number of para-hydroxylation sites is 1. The molecule has 2 aromatic heterocycles. The van der Waals surface area contributed by atoms with Crippen molar-refractivity contribution in [3.05, 3.63) is 65.5 Å². The van der Waals surface area contributed by atoms with Crippen LogP contribution in [0.5, 0.6) is 0 Å². The molecule has 0 atom stereocenters. The van der Waals surface area contributed by atoms with E-state index in [1.807, 2.05) is 12.1 Å². The van der Waals surface area contributed by atoms with Crippen LogP contribution in [0, 0.1) is 0 Å². The van der Waals surface area contributed by atoms with Gasteiger partial charge in [0.15, 0.2) is 5.82 Å². The zero-order valence-corrected chi connectivity index (χ0v) is 20.3. The van der Waals surface area contributed by atoms with Crippen molar-refractivity contribution in [3.8, 4) is 0 Å². The number of hydrogen-bond donors (Lipinski definition) is 1. The first-order valence-electron chi connectivity index (χ1n) is 12.4. The number of anilines is 1. The molecule has 0 saturated carbocycles. The van der Waals surface area contributed by atoms with Gasteiger partial charge in [0.25, 0.3) is 0 Å². The van der Waals surface area contributed by atoms with E-state index in [9.17, 15) is 0 Å². The number of nitrogens with two attached hydrogens (primary N) is 1. The highest BCUT2D eigenvalue weighted by Gasteiger charge is 2.16. The molecule has 5 nitrogen and oxygen atoms in total. The number of aryl methyl sites for hydroxylation is 3. The number of rotatable bonds is 11. The first kappa shape index (κ1) is 23.2. The molecule has 5 heteroatoms. The molecule has 2 N–H and O–H groups in total. The zero-order valence-electron chi connectivity index (χ0n) is 20.3. The van der Waals surface area contributed by atoms with E-state index in [-0.39, 0.29) is 0 Å². The van der Waals surface area contributed by atoms with E-state index < -0.39 is 0 Å². The summed E-state index contributed by atoms with van der Waals surface area (Å²) in [6.07, 6.45) is 6.62. The second-order valence-electron chi connectivity index (χ2n) is 9.11. The summed E-state index contributed by atoms with van der Waals surface area (Å²) in [6.45, 7) is 7.46. The fourth-order valence-electron chi connectivity index (χ4n) is 4.59. The van der Waals surface area contributed by atoms with Crippen LogP contribution in [0.4, 0.5) is 5.82 Å². The molecule has 0 aliphatic heterocycles. The van der Waals surface area contributed by atoms with E-state index in [1.54, 1.807) is 0 Å². The number of nitrogen functional groups attached to an aromatic ring is 1. The molecule has 0 aliphatic rings. The van der Waals surface area contributed by atoms with Gasteiger partial charge in [-0.2, -0.15) is 0 Å². The summed E-state index contributed by atoms with van der Waals surface area (Å²) in [5.74, 6) is 1.68. The van der Waals surface area contributed by atoms with Gasteiger partial charge in [-0.25, -0.2) is 9.97 Å². The van der Waals surface area contributed by atoms with E-state index in [2.05, 4.69) is 71.7 Å². The van der Waals surface area contributed by atoms with Crippen molar-refractivity contribution in [1.82, 2.24) is 19.4 Å². The largest absolute Gasteiger partial charge is 0.382 e. The number of imidazole rings is 1. The molecule has 0 amide bonds. The molecule has 4 rings (SSSR count). The Hall–Kier alpha value is -2.92. The molecule has 0 fully saturated rings. The van der Waals surface area contributed by atoms with Crippen molar-refractivity contribution >= 4 is 27.8 Å². The van der Waals surface area contributed by atoms with Gasteiger partial charge < -0.3 is 15.2 Å². The average Bonchev–Trinajstić information content (AvgIpc) is 3.20. The van der Waals surface area contributed by atoms with Crippen molar-refractivity contribution in [2.24, 2.45) is 0 Å².